The van der Waals surface area contributed by atoms with Crippen LogP contribution in [0.2, 0.25) is 0 Å². The summed E-state index contributed by atoms with van der Waals surface area (Å²) in [4.78, 5) is 0. The standard InChI is InChI=1S/C11H14BFN2/c12-11-5-8-3-7(4-9(13)6-14)1-2-10(8)15-11/h1-4,11,15H,5-6,12,14H2/b9-4+. The number of rotatable bonds is 2. The fourth-order valence-electron chi connectivity index (χ4n) is 1.90. The molecule has 2 nitrogen and oxygen atoms in total. The molecule has 1 aromatic carbocycles. The Hall–Kier alpha value is -1.29. The van der Waals surface area contributed by atoms with Crippen molar-refractivity contribution in [3.8, 4) is 0 Å². The van der Waals surface area contributed by atoms with E-state index in [2.05, 4.69) is 13.2 Å². The van der Waals surface area contributed by atoms with Gasteiger partial charge < -0.3 is 11.1 Å². The third kappa shape index (κ3) is 2.21. The number of hydrogen-bond donors (Lipinski definition) is 2. The number of halogens is 1. The second kappa shape index (κ2) is 4.07. The third-order valence-electron chi connectivity index (χ3n) is 2.58. The van der Waals surface area contributed by atoms with Gasteiger partial charge in [0.2, 0.25) is 0 Å². The van der Waals surface area contributed by atoms with Crippen LogP contribution < -0.4 is 11.1 Å². The van der Waals surface area contributed by atoms with E-state index >= 15 is 0 Å². The average molecular weight is 204 g/mol. The lowest BCUT2D eigenvalue weighted by molar-refractivity contribution is 0.626. The largest absolute Gasteiger partial charge is 0.390 e. The predicted octanol–water partition coefficient (Wildman–Crippen LogP) is 0.883. The summed E-state index contributed by atoms with van der Waals surface area (Å²) in [6.45, 7) is -0.0360. The SMILES string of the molecule is BC1Cc2cc(/C=C(/F)CN)ccc2N1. The van der Waals surface area contributed by atoms with Gasteiger partial charge in [-0.3, -0.25) is 0 Å². The Kier molecular flexibility index (Phi) is 2.78. The maximum Gasteiger partial charge on any atom is 0.130 e. The van der Waals surface area contributed by atoms with Crippen molar-refractivity contribution in [2.75, 3.05) is 11.9 Å². The van der Waals surface area contributed by atoms with Crippen molar-refractivity contribution in [2.45, 2.75) is 12.4 Å². The Morgan fingerprint density at radius 2 is 2.47 bits per heavy atom. The fourth-order valence-corrected chi connectivity index (χ4v) is 1.90. The molecule has 0 radical (unpaired) electrons. The Labute approximate surface area is 89.8 Å². The molecule has 1 atom stereocenters. The summed E-state index contributed by atoms with van der Waals surface area (Å²) in [6, 6.07) is 5.91. The summed E-state index contributed by atoms with van der Waals surface area (Å²) in [7, 11) is 2.13. The van der Waals surface area contributed by atoms with E-state index < -0.39 is 0 Å². The quantitative estimate of drug-likeness (QED) is 0.702. The average Bonchev–Trinajstić information content (AvgIpc) is 2.57. The molecule has 0 spiro atoms. The third-order valence-corrected chi connectivity index (χ3v) is 2.58. The highest BCUT2D eigenvalue weighted by Crippen LogP contribution is 2.26. The van der Waals surface area contributed by atoms with Gasteiger partial charge in [0.1, 0.15) is 13.7 Å². The van der Waals surface area contributed by atoms with Crippen molar-refractivity contribution >= 4 is 19.6 Å². The van der Waals surface area contributed by atoms with Crippen LogP contribution in [0.3, 0.4) is 0 Å². The maximum atomic E-state index is 13.0. The number of fused-ring (bicyclic) bond motifs is 1. The molecule has 78 valence electrons. The van der Waals surface area contributed by atoms with Gasteiger partial charge in [-0.15, -0.1) is 0 Å². The van der Waals surface area contributed by atoms with E-state index in [9.17, 15) is 4.39 Å². The first kappa shape index (κ1) is 10.2. The summed E-state index contributed by atoms with van der Waals surface area (Å²) < 4.78 is 13.0. The van der Waals surface area contributed by atoms with Crippen molar-refractivity contribution in [3.05, 3.63) is 35.2 Å². The summed E-state index contributed by atoms with van der Waals surface area (Å²) in [5, 5.41) is 3.35. The molecule has 0 fully saturated rings. The molecule has 2 rings (SSSR count). The molecule has 1 aliphatic rings. The lowest BCUT2D eigenvalue weighted by atomic mass is 9.93. The molecule has 15 heavy (non-hydrogen) atoms. The first-order chi connectivity index (χ1) is 7.19. The van der Waals surface area contributed by atoms with Crippen LogP contribution in [0, 0.1) is 0 Å². The van der Waals surface area contributed by atoms with Crippen LogP contribution in [0.5, 0.6) is 0 Å². The molecule has 0 saturated heterocycles. The van der Waals surface area contributed by atoms with Crippen molar-refractivity contribution < 1.29 is 4.39 Å². The molecule has 1 unspecified atom stereocenters. The Morgan fingerprint density at radius 1 is 1.67 bits per heavy atom. The number of benzene rings is 1. The van der Waals surface area contributed by atoms with Crippen LogP contribution in [-0.2, 0) is 6.42 Å². The molecule has 1 heterocycles. The van der Waals surface area contributed by atoms with Crippen molar-refractivity contribution in [3.63, 3.8) is 0 Å². The van der Waals surface area contributed by atoms with Gasteiger partial charge in [0.05, 0.1) is 0 Å². The highest BCUT2D eigenvalue weighted by Gasteiger charge is 2.15. The topological polar surface area (TPSA) is 38.0 Å². The minimum Gasteiger partial charge on any atom is -0.390 e. The lowest BCUT2D eigenvalue weighted by Gasteiger charge is -2.02. The van der Waals surface area contributed by atoms with Crippen LogP contribution in [0.4, 0.5) is 10.1 Å². The smallest absolute Gasteiger partial charge is 0.130 e. The van der Waals surface area contributed by atoms with E-state index in [4.69, 9.17) is 5.73 Å². The van der Waals surface area contributed by atoms with Crippen LogP contribution in [0.25, 0.3) is 6.08 Å². The van der Waals surface area contributed by atoms with E-state index in [1.54, 1.807) is 0 Å². The predicted molar refractivity (Wildman–Crippen MR) is 64.2 cm³/mol. The van der Waals surface area contributed by atoms with E-state index in [1.165, 1.54) is 11.6 Å². The second-order valence-electron chi connectivity index (χ2n) is 3.96. The van der Waals surface area contributed by atoms with E-state index in [1.807, 2.05) is 18.2 Å². The lowest BCUT2D eigenvalue weighted by Crippen LogP contribution is -2.13. The molecule has 1 aliphatic heterocycles. The van der Waals surface area contributed by atoms with Crippen LogP contribution in [-0.4, -0.2) is 20.3 Å². The number of nitrogens with one attached hydrogen (secondary N) is 1. The molecule has 3 N–H and O–H groups in total. The van der Waals surface area contributed by atoms with E-state index in [0.29, 0.717) is 5.94 Å². The van der Waals surface area contributed by atoms with E-state index in [-0.39, 0.29) is 12.4 Å². The number of nitrogens with two attached hydrogens (primary N) is 1. The first-order valence-electron chi connectivity index (χ1n) is 5.14. The zero-order valence-corrected chi connectivity index (χ0v) is 8.76. The minimum absolute atomic E-state index is 0.0360. The zero-order chi connectivity index (χ0) is 10.8. The summed E-state index contributed by atoms with van der Waals surface area (Å²) in [5.41, 5.74) is 8.49. The number of anilines is 1. The Morgan fingerprint density at radius 3 is 3.20 bits per heavy atom. The molecule has 0 aromatic heterocycles. The first-order valence-corrected chi connectivity index (χ1v) is 5.14. The Balaban J connectivity index is 2.27. The summed E-state index contributed by atoms with van der Waals surface area (Å²) in [6.07, 6.45) is 2.49. The van der Waals surface area contributed by atoms with Crippen LogP contribution >= 0.6 is 0 Å². The normalized spacial score (nSPS) is 19.9. The minimum atomic E-state index is -0.283. The molecule has 0 bridgehead atoms. The van der Waals surface area contributed by atoms with Gasteiger partial charge in [0.25, 0.3) is 0 Å². The molecular formula is C11H14BFN2. The maximum absolute atomic E-state index is 13.0. The van der Waals surface area contributed by atoms with Gasteiger partial charge >= 0.3 is 0 Å². The molecular weight excluding hydrogens is 190 g/mol. The van der Waals surface area contributed by atoms with Crippen molar-refractivity contribution in [1.29, 1.82) is 0 Å². The summed E-state index contributed by atoms with van der Waals surface area (Å²) >= 11 is 0. The Bertz CT molecular complexity index is 404. The summed E-state index contributed by atoms with van der Waals surface area (Å²) in [5.74, 6) is 0.188. The zero-order valence-electron chi connectivity index (χ0n) is 8.76. The van der Waals surface area contributed by atoms with Crippen LogP contribution in [0.15, 0.2) is 24.0 Å². The van der Waals surface area contributed by atoms with Gasteiger partial charge in [-0.05, 0) is 41.7 Å². The molecule has 0 saturated carbocycles. The van der Waals surface area contributed by atoms with E-state index in [0.717, 1.165) is 17.7 Å². The van der Waals surface area contributed by atoms with Crippen molar-refractivity contribution in [2.24, 2.45) is 5.73 Å². The molecule has 0 aliphatic carbocycles. The van der Waals surface area contributed by atoms with Gasteiger partial charge in [-0.2, -0.15) is 0 Å². The highest BCUT2D eigenvalue weighted by molar-refractivity contribution is 6.14. The number of hydrogen-bond acceptors (Lipinski definition) is 2. The molecule has 4 heteroatoms. The molecule has 1 aromatic rings. The second-order valence-corrected chi connectivity index (χ2v) is 3.96. The monoisotopic (exact) mass is 204 g/mol. The molecule has 0 amide bonds. The van der Waals surface area contributed by atoms with Gasteiger partial charge in [-0.25, -0.2) is 4.39 Å². The van der Waals surface area contributed by atoms with Gasteiger partial charge in [0, 0.05) is 12.2 Å². The van der Waals surface area contributed by atoms with Crippen LogP contribution in [0.1, 0.15) is 11.1 Å². The van der Waals surface area contributed by atoms with Gasteiger partial charge in [0.15, 0.2) is 0 Å². The highest BCUT2D eigenvalue weighted by atomic mass is 19.1. The van der Waals surface area contributed by atoms with Gasteiger partial charge in [-0.1, -0.05) is 6.07 Å². The van der Waals surface area contributed by atoms with Crippen molar-refractivity contribution in [1.82, 2.24) is 0 Å². The fraction of sp³-hybridized carbons (Fsp3) is 0.273.